The summed E-state index contributed by atoms with van der Waals surface area (Å²) >= 11 is 1.57. The maximum Gasteiger partial charge on any atom is 0.258 e. The van der Waals surface area contributed by atoms with Crippen molar-refractivity contribution < 1.29 is 4.74 Å². The summed E-state index contributed by atoms with van der Waals surface area (Å²) in [5, 5.41) is 8.16. The molecule has 27 heavy (non-hydrogen) atoms. The molecule has 3 heterocycles. The number of hydrogen-bond acceptors (Lipinski definition) is 9. The van der Waals surface area contributed by atoms with Crippen molar-refractivity contribution in [2.75, 3.05) is 43.6 Å². The highest BCUT2D eigenvalue weighted by atomic mass is 32.2. The molecule has 0 bridgehead atoms. The van der Waals surface area contributed by atoms with Crippen LogP contribution < -0.4 is 10.2 Å². The Morgan fingerprint density at radius 2 is 1.85 bits per heavy atom. The number of hydrogen-bond donors (Lipinski definition) is 1. The molecule has 0 radical (unpaired) electrons. The van der Waals surface area contributed by atoms with E-state index in [1.54, 1.807) is 29.8 Å². The Hall–Kier alpha value is -2.72. The molecule has 4 rings (SSSR count). The van der Waals surface area contributed by atoms with Crippen LogP contribution >= 0.6 is 11.8 Å². The number of morpholine rings is 1. The van der Waals surface area contributed by atoms with Gasteiger partial charge >= 0.3 is 0 Å². The van der Waals surface area contributed by atoms with E-state index in [-0.39, 0.29) is 0 Å². The molecule has 0 aliphatic carbocycles. The molecular weight excluding hydrogens is 364 g/mol. The summed E-state index contributed by atoms with van der Waals surface area (Å²) in [7, 11) is 1.78. The summed E-state index contributed by atoms with van der Waals surface area (Å²) in [6, 6.07) is 10.2. The fourth-order valence-corrected chi connectivity index (χ4v) is 3.36. The zero-order valence-corrected chi connectivity index (χ0v) is 15.8. The first-order valence-electron chi connectivity index (χ1n) is 8.67. The Bertz CT molecular complexity index is 882. The van der Waals surface area contributed by atoms with Crippen LogP contribution in [0.15, 0.2) is 41.8 Å². The second kappa shape index (κ2) is 8.31. The fourth-order valence-electron chi connectivity index (χ4n) is 2.61. The van der Waals surface area contributed by atoms with Gasteiger partial charge in [-0.15, -0.1) is 5.10 Å². The molecule has 1 aromatic carbocycles. The van der Waals surface area contributed by atoms with Gasteiger partial charge in [-0.2, -0.15) is 19.6 Å². The predicted octanol–water partition coefficient (Wildman–Crippen LogP) is 1.62. The Kier molecular flexibility index (Phi) is 5.45. The van der Waals surface area contributed by atoms with Gasteiger partial charge in [-0.3, -0.25) is 0 Å². The van der Waals surface area contributed by atoms with E-state index < -0.39 is 0 Å². The third-order valence-corrected chi connectivity index (χ3v) is 4.94. The molecule has 1 N–H and O–H groups in total. The van der Waals surface area contributed by atoms with Crippen LogP contribution in [-0.2, 0) is 10.5 Å². The van der Waals surface area contributed by atoms with Crippen molar-refractivity contribution in [3.63, 3.8) is 0 Å². The van der Waals surface area contributed by atoms with E-state index in [9.17, 15) is 0 Å². The topological polar surface area (TPSA) is 93.9 Å². The number of rotatable bonds is 6. The van der Waals surface area contributed by atoms with Crippen LogP contribution in [-0.4, -0.2) is 63.1 Å². The summed E-state index contributed by atoms with van der Waals surface area (Å²) in [5.74, 6) is 2.36. The zero-order valence-electron chi connectivity index (χ0n) is 14.9. The lowest BCUT2D eigenvalue weighted by Crippen LogP contribution is -2.37. The van der Waals surface area contributed by atoms with Crippen LogP contribution in [0.2, 0.25) is 0 Å². The lowest BCUT2D eigenvalue weighted by molar-refractivity contribution is 0.122. The van der Waals surface area contributed by atoms with E-state index >= 15 is 0 Å². The maximum atomic E-state index is 5.40. The summed E-state index contributed by atoms with van der Waals surface area (Å²) in [6.45, 7) is 2.84. The molecule has 0 spiro atoms. The van der Waals surface area contributed by atoms with Gasteiger partial charge in [0.05, 0.1) is 13.2 Å². The highest BCUT2D eigenvalue weighted by Crippen LogP contribution is 2.20. The van der Waals surface area contributed by atoms with Gasteiger partial charge in [-0.25, -0.2) is 4.98 Å². The first kappa shape index (κ1) is 17.7. The molecule has 1 fully saturated rings. The van der Waals surface area contributed by atoms with Gasteiger partial charge in [0.2, 0.25) is 17.1 Å². The molecule has 9 nitrogen and oxygen atoms in total. The molecular formula is C17H20N8OS. The lowest BCUT2D eigenvalue weighted by atomic mass is 10.2. The highest BCUT2D eigenvalue weighted by Gasteiger charge is 2.17. The van der Waals surface area contributed by atoms with Gasteiger partial charge in [-0.05, 0) is 5.56 Å². The number of anilines is 2. The Balaban J connectivity index is 1.53. The second-order valence-corrected chi connectivity index (χ2v) is 6.80. The minimum Gasteiger partial charge on any atom is -0.378 e. The lowest BCUT2D eigenvalue weighted by Gasteiger charge is -2.26. The van der Waals surface area contributed by atoms with E-state index in [4.69, 9.17) is 4.74 Å². The Morgan fingerprint density at radius 3 is 2.63 bits per heavy atom. The van der Waals surface area contributed by atoms with Crippen molar-refractivity contribution in [3.8, 4) is 5.95 Å². The van der Waals surface area contributed by atoms with Gasteiger partial charge in [0, 0.05) is 25.9 Å². The molecule has 140 valence electrons. The zero-order chi connectivity index (χ0) is 18.5. The van der Waals surface area contributed by atoms with Gasteiger partial charge < -0.3 is 15.0 Å². The first-order valence-corrected chi connectivity index (χ1v) is 9.65. The van der Waals surface area contributed by atoms with E-state index in [1.807, 2.05) is 18.2 Å². The van der Waals surface area contributed by atoms with E-state index in [0.29, 0.717) is 36.2 Å². The van der Waals surface area contributed by atoms with Crippen molar-refractivity contribution in [1.29, 1.82) is 0 Å². The van der Waals surface area contributed by atoms with Crippen LogP contribution in [0.25, 0.3) is 5.95 Å². The van der Waals surface area contributed by atoms with Crippen LogP contribution in [0.3, 0.4) is 0 Å². The van der Waals surface area contributed by atoms with Gasteiger partial charge in [0.1, 0.15) is 6.33 Å². The smallest absolute Gasteiger partial charge is 0.258 e. The predicted molar refractivity (Wildman–Crippen MR) is 103 cm³/mol. The second-order valence-electron chi connectivity index (χ2n) is 5.85. The van der Waals surface area contributed by atoms with Crippen LogP contribution in [0.4, 0.5) is 11.9 Å². The fraction of sp³-hybridized carbons (Fsp3) is 0.353. The molecule has 0 unspecified atom stereocenters. The Labute approximate surface area is 161 Å². The monoisotopic (exact) mass is 384 g/mol. The van der Waals surface area contributed by atoms with Crippen molar-refractivity contribution in [2.45, 2.75) is 10.9 Å². The SMILES string of the molecule is CNc1nc(N2CCOCC2)nc(-n2cnc(SCc3ccccc3)n2)n1. The van der Waals surface area contributed by atoms with Crippen molar-refractivity contribution in [3.05, 3.63) is 42.2 Å². The number of aromatic nitrogens is 6. The number of ether oxygens (including phenoxy) is 1. The van der Waals surface area contributed by atoms with Gasteiger partial charge in [-0.1, -0.05) is 42.1 Å². The minimum absolute atomic E-state index is 0.440. The van der Waals surface area contributed by atoms with E-state index in [2.05, 4.69) is 47.4 Å². The standard InChI is InChI=1S/C17H20N8OS/c1-18-14-20-15(24-7-9-26-10-8-24)22-16(21-14)25-12-19-17(23-25)27-11-13-5-3-2-4-6-13/h2-6,12H,7-11H2,1H3,(H,18,20,21,22). The largest absolute Gasteiger partial charge is 0.378 e. The van der Waals surface area contributed by atoms with E-state index in [1.165, 1.54) is 5.56 Å². The van der Waals surface area contributed by atoms with Crippen molar-refractivity contribution in [2.24, 2.45) is 0 Å². The first-order chi connectivity index (χ1) is 13.3. The molecule has 1 saturated heterocycles. The summed E-state index contributed by atoms with van der Waals surface area (Å²) in [6.07, 6.45) is 1.63. The molecule has 0 atom stereocenters. The molecule has 0 saturated carbocycles. The molecule has 2 aromatic heterocycles. The number of thioether (sulfide) groups is 1. The summed E-state index contributed by atoms with van der Waals surface area (Å²) in [4.78, 5) is 19.9. The summed E-state index contributed by atoms with van der Waals surface area (Å²) in [5.41, 5.74) is 1.23. The number of benzene rings is 1. The van der Waals surface area contributed by atoms with Crippen LogP contribution in [0.1, 0.15) is 5.56 Å². The van der Waals surface area contributed by atoms with Crippen molar-refractivity contribution in [1.82, 2.24) is 29.7 Å². The van der Waals surface area contributed by atoms with E-state index in [0.717, 1.165) is 18.8 Å². The van der Waals surface area contributed by atoms with Gasteiger partial charge in [0.15, 0.2) is 0 Å². The van der Waals surface area contributed by atoms with Crippen LogP contribution in [0, 0.1) is 0 Å². The maximum absolute atomic E-state index is 5.40. The number of nitrogens with zero attached hydrogens (tertiary/aromatic N) is 7. The third-order valence-electron chi connectivity index (χ3n) is 4.02. The summed E-state index contributed by atoms with van der Waals surface area (Å²) < 4.78 is 6.98. The number of nitrogens with one attached hydrogen (secondary N) is 1. The van der Waals surface area contributed by atoms with Gasteiger partial charge in [0.25, 0.3) is 5.95 Å². The molecule has 3 aromatic rings. The van der Waals surface area contributed by atoms with Crippen LogP contribution in [0.5, 0.6) is 0 Å². The normalized spacial score (nSPS) is 14.3. The molecule has 10 heteroatoms. The highest BCUT2D eigenvalue weighted by molar-refractivity contribution is 7.98. The van der Waals surface area contributed by atoms with Crippen molar-refractivity contribution >= 4 is 23.7 Å². The third kappa shape index (κ3) is 4.34. The quantitative estimate of drug-likeness (QED) is 0.636. The minimum atomic E-state index is 0.440. The Morgan fingerprint density at radius 1 is 1.07 bits per heavy atom. The average molecular weight is 384 g/mol. The molecule has 1 aliphatic heterocycles. The molecule has 0 amide bonds. The molecule has 1 aliphatic rings. The average Bonchev–Trinajstić information content (AvgIpc) is 3.22.